The van der Waals surface area contributed by atoms with Crippen LogP contribution in [0.5, 0.6) is 5.75 Å². The summed E-state index contributed by atoms with van der Waals surface area (Å²) in [6, 6.07) is 1.01. The first-order valence-electron chi connectivity index (χ1n) is 4.77. The molecule has 0 atom stereocenters. The third kappa shape index (κ3) is 3.62. The molecule has 0 unspecified atom stereocenters. The van der Waals surface area contributed by atoms with E-state index in [4.69, 9.17) is 0 Å². The molecule has 17 heavy (non-hydrogen) atoms. The van der Waals surface area contributed by atoms with Crippen molar-refractivity contribution >= 4 is 21.9 Å². The Morgan fingerprint density at radius 2 is 2.29 bits per heavy atom. The number of pyridine rings is 1. The normalized spacial score (nSPS) is 10.6. The maximum Gasteiger partial charge on any atom is 0.312 e. The largest absolute Gasteiger partial charge is 0.505 e. The molecule has 1 N–H and O–H groups in total. The molecule has 0 saturated heterocycles. The van der Waals surface area contributed by atoms with E-state index in [0.29, 0.717) is 0 Å². The van der Waals surface area contributed by atoms with Crippen molar-refractivity contribution in [2.75, 3.05) is 6.61 Å². The van der Waals surface area contributed by atoms with Crippen LogP contribution in [-0.2, 0) is 16.0 Å². The van der Waals surface area contributed by atoms with Crippen LogP contribution in [0, 0.1) is 0 Å². The minimum Gasteiger partial charge on any atom is -0.505 e. The summed E-state index contributed by atoms with van der Waals surface area (Å²) in [5.41, 5.74) is -0.637. The highest BCUT2D eigenvalue weighted by molar-refractivity contribution is 9.10. The Balaban J connectivity index is 3.01. The lowest BCUT2D eigenvalue weighted by Crippen LogP contribution is -2.10. The van der Waals surface area contributed by atoms with Crippen LogP contribution in [0.15, 0.2) is 10.5 Å². The van der Waals surface area contributed by atoms with Crippen LogP contribution in [0.2, 0.25) is 0 Å². The lowest BCUT2D eigenvalue weighted by Gasteiger charge is -2.08. The minimum atomic E-state index is -2.77. The summed E-state index contributed by atoms with van der Waals surface area (Å²) >= 11 is 2.92. The molecule has 1 aromatic rings. The van der Waals surface area contributed by atoms with Crippen molar-refractivity contribution in [3.05, 3.63) is 21.9 Å². The van der Waals surface area contributed by atoms with Crippen LogP contribution >= 0.6 is 15.9 Å². The van der Waals surface area contributed by atoms with Crippen LogP contribution in [0.3, 0.4) is 0 Å². The first-order valence-corrected chi connectivity index (χ1v) is 5.57. The summed E-state index contributed by atoms with van der Waals surface area (Å²) in [6.45, 7) is 1.80. The average molecular weight is 310 g/mol. The topological polar surface area (TPSA) is 59.4 Å². The molecule has 1 aromatic heterocycles. The number of nitrogens with zero attached hydrogens (tertiary/aromatic N) is 1. The van der Waals surface area contributed by atoms with Gasteiger partial charge in [-0.25, -0.2) is 13.8 Å². The van der Waals surface area contributed by atoms with Gasteiger partial charge in [-0.1, -0.05) is 0 Å². The van der Waals surface area contributed by atoms with Crippen molar-refractivity contribution < 1.29 is 23.4 Å². The van der Waals surface area contributed by atoms with Crippen molar-refractivity contribution in [2.24, 2.45) is 0 Å². The van der Waals surface area contributed by atoms with E-state index in [0.717, 1.165) is 6.07 Å². The molecule has 0 aliphatic heterocycles. The number of carbonyl (C=O) groups is 1. The second-order valence-electron chi connectivity index (χ2n) is 3.11. The molecule has 1 rings (SSSR count). The van der Waals surface area contributed by atoms with Gasteiger partial charge in [0.1, 0.15) is 5.69 Å². The molecule has 7 heteroatoms. The van der Waals surface area contributed by atoms with Crippen molar-refractivity contribution in [1.82, 2.24) is 4.98 Å². The van der Waals surface area contributed by atoms with E-state index in [2.05, 4.69) is 25.7 Å². The zero-order chi connectivity index (χ0) is 13.0. The van der Waals surface area contributed by atoms with Gasteiger partial charge in [0.15, 0.2) is 5.75 Å². The SMILES string of the molecule is CCOC(=O)Cc1nc(C(F)F)cc(Br)c1O. The summed E-state index contributed by atoms with van der Waals surface area (Å²) in [7, 11) is 0. The molecule has 0 saturated carbocycles. The molecular formula is C10H10BrF2NO3. The van der Waals surface area contributed by atoms with Gasteiger partial charge in [0.2, 0.25) is 0 Å². The lowest BCUT2D eigenvalue weighted by molar-refractivity contribution is -0.142. The maximum atomic E-state index is 12.5. The van der Waals surface area contributed by atoms with E-state index in [1.165, 1.54) is 0 Å². The Morgan fingerprint density at radius 1 is 1.65 bits per heavy atom. The number of aromatic nitrogens is 1. The van der Waals surface area contributed by atoms with Gasteiger partial charge in [-0.2, -0.15) is 0 Å². The number of halogens is 3. The summed E-state index contributed by atoms with van der Waals surface area (Å²) in [5, 5.41) is 9.56. The predicted octanol–water partition coefficient (Wildman–Crippen LogP) is 2.59. The Bertz CT molecular complexity index is 426. The van der Waals surface area contributed by atoms with Crippen LogP contribution in [0.1, 0.15) is 24.7 Å². The Morgan fingerprint density at radius 3 is 2.82 bits per heavy atom. The number of hydrogen-bond donors (Lipinski definition) is 1. The Kier molecular flexibility index (Phi) is 4.80. The number of hydrogen-bond acceptors (Lipinski definition) is 4. The van der Waals surface area contributed by atoms with E-state index in [9.17, 15) is 18.7 Å². The molecule has 1 heterocycles. The number of alkyl halides is 2. The second-order valence-corrected chi connectivity index (χ2v) is 3.96. The van der Waals surface area contributed by atoms with Gasteiger partial charge in [-0.05, 0) is 28.9 Å². The van der Waals surface area contributed by atoms with E-state index in [1.807, 2.05) is 0 Å². The Hall–Kier alpha value is -1.24. The molecule has 94 valence electrons. The highest BCUT2D eigenvalue weighted by atomic mass is 79.9. The summed E-state index contributed by atoms with van der Waals surface area (Å²) in [4.78, 5) is 14.7. The molecule has 0 aromatic carbocycles. The van der Waals surface area contributed by atoms with Crippen molar-refractivity contribution in [2.45, 2.75) is 19.8 Å². The first kappa shape index (κ1) is 13.8. The van der Waals surface area contributed by atoms with E-state index < -0.39 is 18.1 Å². The Labute approximate surface area is 105 Å². The average Bonchev–Trinajstić information content (AvgIpc) is 2.24. The standard InChI is InChI=1S/C10H10BrF2NO3/c1-2-17-8(15)4-6-9(16)5(11)3-7(14-6)10(12)13/h3,10,16H,2,4H2,1H3. The number of carbonyl (C=O) groups excluding carboxylic acids is 1. The monoisotopic (exact) mass is 309 g/mol. The van der Waals surface area contributed by atoms with E-state index in [1.54, 1.807) is 6.92 Å². The number of aromatic hydroxyl groups is 1. The molecule has 0 fully saturated rings. The zero-order valence-electron chi connectivity index (χ0n) is 8.91. The fraction of sp³-hybridized carbons (Fsp3) is 0.400. The molecule has 0 aliphatic carbocycles. The van der Waals surface area contributed by atoms with E-state index in [-0.39, 0.29) is 28.9 Å². The van der Waals surface area contributed by atoms with Gasteiger partial charge in [0.25, 0.3) is 6.43 Å². The molecule has 0 spiro atoms. The first-order chi connectivity index (χ1) is 7.95. The highest BCUT2D eigenvalue weighted by Crippen LogP contribution is 2.31. The molecule has 0 bridgehead atoms. The summed E-state index contributed by atoms with van der Waals surface area (Å²) in [6.07, 6.45) is -3.12. The van der Waals surface area contributed by atoms with Crippen LogP contribution in [0.25, 0.3) is 0 Å². The van der Waals surface area contributed by atoms with Crippen molar-refractivity contribution in [1.29, 1.82) is 0 Å². The van der Waals surface area contributed by atoms with Crippen molar-refractivity contribution in [3.63, 3.8) is 0 Å². The molecular weight excluding hydrogens is 300 g/mol. The van der Waals surface area contributed by atoms with Gasteiger partial charge in [-0.15, -0.1) is 0 Å². The quantitative estimate of drug-likeness (QED) is 0.869. The number of rotatable bonds is 4. The summed E-state index contributed by atoms with van der Waals surface area (Å²) in [5.74, 6) is -0.962. The summed E-state index contributed by atoms with van der Waals surface area (Å²) < 4.78 is 29.6. The van der Waals surface area contributed by atoms with Crippen LogP contribution < -0.4 is 0 Å². The van der Waals surface area contributed by atoms with Gasteiger partial charge in [0.05, 0.1) is 23.2 Å². The third-order valence-electron chi connectivity index (χ3n) is 1.88. The highest BCUT2D eigenvalue weighted by Gasteiger charge is 2.18. The van der Waals surface area contributed by atoms with Gasteiger partial charge in [0, 0.05) is 0 Å². The fourth-order valence-electron chi connectivity index (χ4n) is 1.16. The smallest absolute Gasteiger partial charge is 0.312 e. The maximum absolute atomic E-state index is 12.5. The van der Waals surface area contributed by atoms with Crippen molar-refractivity contribution in [3.8, 4) is 5.75 Å². The lowest BCUT2D eigenvalue weighted by atomic mass is 10.2. The fourth-order valence-corrected chi connectivity index (χ4v) is 1.62. The second kappa shape index (κ2) is 5.90. The van der Waals surface area contributed by atoms with Crippen LogP contribution in [0.4, 0.5) is 8.78 Å². The third-order valence-corrected chi connectivity index (χ3v) is 2.48. The minimum absolute atomic E-state index is 0.0714. The molecule has 0 aliphatic rings. The molecule has 0 amide bonds. The number of esters is 1. The van der Waals surface area contributed by atoms with Gasteiger partial charge >= 0.3 is 5.97 Å². The molecule has 4 nitrogen and oxygen atoms in total. The van der Waals surface area contributed by atoms with E-state index >= 15 is 0 Å². The predicted molar refractivity (Wildman–Crippen MR) is 58.9 cm³/mol. The zero-order valence-corrected chi connectivity index (χ0v) is 10.5. The van der Waals surface area contributed by atoms with Gasteiger partial charge in [-0.3, -0.25) is 4.79 Å². The molecule has 0 radical (unpaired) electrons. The van der Waals surface area contributed by atoms with Gasteiger partial charge < -0.3 is 9.84 Å². The van der Waals surface area contributed by atoms with Crippen LogP contribution in [-0.4, -0.2) is 22.7 Å². The number of ether oxygens (including phenoxy) is 1.